The number of rotatable bonds is 3. The van der Waals surface area contributed by atoms with Gasteiger partial charge >= 0.3 is 0 Å². The van der Waals surface area contributed by atoms with E-state index in [1.165, 1.54) is 0 Å². The van der Waals surface area contributed by atoms with Gasteiger partial charge in [-0.05, 0) is 25.7 Å². The van der Waals surface area contributed by atoms with Crippen molar-refractivity contribution in [1.29, 1.82) is 0 Å². The molecule has 0 amide bonds. The van der Waals surface area contributed by atoms with Gasteiger partial charge in [-0.2, -0.15) is 0 Å². The van der Waals surface area contributed by atoms with Crippen LogP contribution in [0.1, 0.15) is 19.8 Å². The minimum Gasteiger partial charge on any atom is -0.381 e. The molecule has 0 aromatic heterocycles. The Morgan fingerprint density at radius 1 is 1.60 bits per heavy atom. The lowest BCUT2D eigenvalue weighted by molar-refractivity contribution is -0.119. The standard InChI is InChI=1S/C8H14O2/c1-6(10-2)8-4-3-7(8)5-9/h5-8H,3-4H2,1-2H3/t6-,7+,8-/m0/s1. The number of ether oxygens (including phenoxy) is 1. The molecule has 1 aliphatic carbocycles. The summed E-state index contributed by atoms with van der Waals surface area (Å²) in [7, 11) is 1.70. The quantitative estimate of drug-likeness (QED) is 0.554. The Hall–Kier alpha value is -0.370. The molecule has 3 atom stereocenters. The lowest BCUT2D eigenvalue weighted by atomic mass is 9.72. The third-order valence-corrected chi connectivity index (χ3v) is 2.53. The second kappa shape index (κ2) is 3.15. The van der Waals surface area contributed by atoms with Gasteiger partial charge in [0.2, 0.25) is 0 Å². The van der Waals surface area contributed by atoms with Crippen LogP contribution in [0.5, 0.6) is 0 Å². The fourth-order valence-corrected chi connectivity index (χ4v) is 1.48. The van der Waals surface area contributed by atoms with Gasteiger partial charge in [0, 0.05) is 13.0 Å². The first-order valence-electron chi connectivity index (χ1n) is 3.77. The molecule has 2 heteroatoms. The number of hydrogen-bond acceptors (Lipinski definition) is 2. The van der Waals surface area contributed by atoms with Gasteiger partial charge in [-0.25, -0.2) is 0 Å². The molecule has 0 heterocycles. The topological polar surface area (TPSA) is 26.3 Å². The second-order valence-corrected chi connectivity index (χ2v) is 2.98. The highest BCUT2D eigenvalue weighted by molar-refractivity contribution is 5.55. The van der Waals surface area contributed by atoms with Crippen molar-refractivity contribution in [2.75, 3.05) is 7.11 Å². The van der Waals surface area contributed by atoms with E-state index in [1.54, 1.807) is 7.11 Å². The fourth-order valence-electron chi connectivity index (χ4n) is 1.48. The van der Waals surface area contributed by atoms with E-state index in [0.717, 1.165) is 19.1 Å². The van der Waals surface area contributed by atoms with E-state index in [4.69, 9.17) is 4.74 Å². The Morgan fingerprint density at radius 3 is 2.60 bits per heavy atom. The van der Waals surface area contributed by atoms with Crippen molar-refractivity contribution in [2.24, 2.45) is 11.8 Å². The minimum atomic E-state index is 0.254. The number of aldehydes is 1. The molecule has 1 saturated carbocycles. The zero-order valence-electron chi connectivity index (χ0n) is 6.54. The van der Waals surface area contributed by atoms with Gasteiger partial charge in [0.05, 0.1) is 6.10 Å². The second-order valence-electron chi connectivity index (χ2n) is 2.98. The molecule has 58 valence electrons. The van der Waals surface area contributed by atoms with Crippen LogP contribution in [0.25, 0.3) is 0 Å². The first-order valence-corrected chi connectivity index (χ1v) is 3.77. The van der Waals surface area contributed by atoms with E-state index >= 15 is 0 Å². The average molecular weight is 142 g/mol. The number of carbonyl (C=O) groups excluding carboxylic acids is 1. The van der Waals surface area contributed by atoms with Gasteiger partial charge in [0.25, 0.3) is 0 Å². The van der Waals surface area contributed by atoms with Crippen LogP contribution in [0.3, 0.4) is 0 Å². The summed E-state index contributed by atoms with van der Waals surface area (Å²) in [6.07, 6.45) is 3.52. The molecule has 0 aromatic rings. The molecule has 2 nitrogen and oxygen atoms in total. The molecule has 0 unspecified atom stereocenters. The third-order valence-electron chi connectivity index (χ3n) is 2.53. The molecular formula is C8H14O2. The van der Waals surface area contributed by atoms with Crippen molar-refractivity contribution in [2.45, 2.75) is 25.9 Å². The summed E-state index contributed by atoms with van der Waals surface area (Å²) in [5.74, 6) is 0.762. The normalized spacial score (nSPS) is 34.6. The highest BCUT2D eigenvalue weighted by Crippen LogP contribution is 2.35. The van der Waals surface area contributed by atoms with E-state index in [9.17, 15) is 4.79 Å². The summed E-state index contributed by atoms with van der Waals surface area (Å²) in [6.45, 7) is 2.03. The molecule has 1 rings (SSSR count). The van der Waals surface area contributed by atoms with Crippen LogP contribution in [0.4, 0.5) is 0 Å². The fraction of sp³-hybridized carbons (Fsp3) is 0.875. The highest BCUT2D eigenvalue weighted by Gasteiger charge is 2.34. The predicted molar refractivity (Wildman–Crippen MR) is 38.7 cm³/mol. The van der Waals surface area contributed by atoms with Crippen molar-refractivity contribution in [3.05, 3.63) is 0 Å². The molecule has 0 spiro atoms. The Balaban J connectivity index is 2.34. The van der Waals surface area contributed by atoms with E-state index in [1.807, 2.05) is 6.92 Å². The van der Waals surface area contributed by atoms with Crippen LogP contribution in [-0.4, -0.2) is 19.5 Å². The van der Waals surface area contributed by atoms with Gasteiger partial charge in [-0.15, -0.1) is 0 Å². The van der Waals surface area contributed by atoms with E-state index in [-0.39, 0.29) is 12.0 Å². The van der Waals surface area contributed by atoms with Gasteiger partial charge in [-0.3, -0.25) is 0 Å². The monoisotopic (exact) mass is 142 g/mol. The molecule has 1 fully saturated rings. The summed E-state index contributed by atoms with van der Waals surface area (Å²) in [4.78, 5) is 10.4. The van der Waals surface area contributed by atoms with Crippen LogP contribution in [0.15, 0.2) is 0 Å². The summed E-state index contributed by atoms with van der Waals surface area (Å²) in [5, 5.41) is 0. The molecule has 10 heavy (non-hydrogen) atoms. The molecule has 0 saturated heterocycles. The molecule has 0 aromatic carbocycles. The number of hydrogen-bond donors (Lipinski definition) is 0. The number of methoxy groups -OCH3 is 1. The Morgan fingerprint density at radius 2 is 2.30 bits per heavy atom. The van der Waals surface area contributed by atoms with Crippen LogP contribution in [-0.2, 0) is 9.53 Å². The summed E-state index contributed by atoms with van der Waals surface area (Å²) < 4.78 is 5.13. The Labute approximate surface area is 61.6 Å². The zero-order chi connectivity index (χ0) is 7.56. The molecule has 0 radical (unpaired) electrons. The maximum absolute atomic E-state index is 10.4. The van der Waals surface area contributed by atoms with Crippen molar-refractivity contribution in [3.63, 3.8) is 0 Å². The van der Waals surface area contributed by atoms with E-state index < -0.39 is 0 Å². The molecule has 1 aliphatic rings. The summed E-state index contributed by atoms with van der Waals surface area (Å²) >= 11 is 0. The summed E-state index contributed by atoms with van der Waals surface area (Å²) in [5.41, 5.74) is 0. The van der Waals surface area contributed by atoms with Gasteiger partial charge in [0.1, 0.15) is 6.29 Å². The Kier molecular flexibility index (Phi) is 2.44. The maximum atomic E-state index is 10.4. The van der Waals surface area contributed by atoms with Crippen LogP contribution >= 0.6 is 0 Å². The lowest BCUT2D eigenvalue weighted by Gasteiger charge is -2.36. The smallest absolute Gasteiger partial charge is 0.123 e. The van der Waals surface area contributed by atoms with Crippen LogP contribution < -0.4 is 0 Å². The molecule has 0 aliphatic heterocycles. The Bertz CT molecular complexity index is 122. The van der Waals surface area contributed by atoms with E-state index in [2.05, 4.69) is 0 Å². The molecular weight excluding hydrogens is 128 g/mol. The minimum absolute atomic E-state index is 0.254. The first kappa shape index (κ1) is 7.73. The van der Waals surface area contributed by atoms with Crippen molar-refractivity contribution < 1.29 is 9.53 Å². The average Bonchev–Trinajstić information content (AvgIpc) is 1.86. The van der Waals surface area contributed by atoms with Crippen molar-refractivity contribution >= 4 is 6.29 Å². The maximum Gasteiger partial charge on any atom is 0.123 e. The third kappa shape index (κ3) is 1.21. The lowest BCUT2D eigenvalue weighted by Crippen LogP contribution is -2.36. The molecule has 0 bridgehead atoms. The predicted octanol–water partition coefficient (Wildman–Crippen LogP) is 1.25. The van der Waals surface area contributed by atoms with Gasteiger partial charge < -0.3 is 9.53 Å². The first-order chi connectivity index (χ1) is 4.79. The van der Waals surface area contributed by atoms with E-state index in [0.29, 0.717) is 5.92 Å². The molecule has 0 N–H and O–H groups in total. The van der Waals surface area contributed by atoms with Crippen LogP contribution in [0, 0.1) is 11.8 Å². The SMILES string of the molecule is CO[C@@H](C)[C@@H]1CC[C@@H]1C=O. The number of carbonyl (C=O) groups is 1. The van der Waals surface area contributed by atoms with Crippen molar-refractivity contribution in [1.82, 2.24) is 0 Å². The van der Waals surface area contributed by atoms with Crippen LogP contribution in [0.2, 0.25) is 0 Å². The highest BCUT2D eigenvalue weighted by atomic mass is 16.5. The summed E-state index contributed by atoms with van der Waals surface area (Å²) in [6, 6.07) is 0. The van der Waals surface area contributed by atoms with Gasteiger partial charge in [0.15, 0.2) is 0 Å². The zero-order valence-corrected chi connectivity index (χ0v) is 6.54. The van der Waals surface area contributed by atoms with Crippen molar-refractivity contribution in [3.8, 4) is 0 Å². The largest absolute Gasteiger partial charge is 0.381 e. The van der Waals surface area contributed by atoms with Gasteiger partial charge in [-0.1, -0.05) is 0 Å².